The minimum Gasteiger partial charge on any atom is -0.329 e. The maximum Gasteiger partial charge on any atom is 0.471 e. The van der Waals surface area contributed by atoms with Crippen LogP contribution in [0.5, 0.6) is 0 Å². The summed E-state index contributed by atoms with van der Waals surface area (Å²) in [7, 11) is 0. The zero-order chi connectivity index (χ0) is 20.5. The number of ketones is 1. The fourth-order valence-electron chi connectivity index (χ4n) is 2.41. The van der Waals surface area contributed by atoms with E-state index in [2.05, 4.69) is 40.5 Å². The van der Waals surface area contributed by atoms with Gasteiger partial charge in [0.05, 0.1) is 23.2 Å². The molecule has 0 aliphatic carbocycles. The third-order valence-corrected chi connectivity index (χ3v) is 4.99. The van der Waals surface area contributed by atoms with Gasteiger partial charge in [0, 0.05) is 17.5 Å². The van der Waals surface area contributed by atoms with Crippen molar-refractivity contribution in [1.82, 2.24) is 19.9 Å². The first-order valence-electron chi connectivity index (χ1n) is 8.57. The maximum atomic E-state index is 12.6. The molecule has 0 atom stereocenters. The van der Waals surface area contributed by atoms with Crippen LogP contribution in [-0.4, -0.2) is 25.7 Å². The van der Waals surface area contributed by atoms with Crippen molar-refractivity contribution in [3.05, 3.63) is 40.9 Å². The molecule has 6 nitrogen and oxygen atoms in total. The zero-order valence-corrected chi connectivity index (χ0v) is 16.4. The van der Waals surface area contributed by atoms with Gasteiger partial charge < -0.3 is 4.52 Å². The highest BCUT2D eigenvalue weighted by atomic mass is 32.1. The Bertz CT molecular complexity index is 966. The normalized spacial score (nSPS) is 12.5. The summed E-state index contributed by atoms with van der Waals surface area (Å²) in [4.78, 5) is 16.9. The number of hydrogen-bond donors (Lipinski definition) is 0. The largest absolute Gasteiger partial charge is 0.471 e. The van der Waals surface area contributed by atoms with Gasteiger partial charge in [-0.15, -0.1) is 11.3 Å². The van der Waals surface area contributed by atoms with Gasteiger partial charge >= 0.3 is 12.1 Å². The molecular weight excluding hydrogens is 393 g/mol. The Kier molecular flexibility index (Phi) is 5.42. The van der Waals surface area contributed by atoms with E-state index in [9.17, 15) is 18.0 Å². The molecule has 0 radical (unpaired) electrons. The van der Waals surface area contributed by atoms with Crippen molar-refractivity contribution in [3.8, 4) is 10.7 Å². The van der Waals surface area contributed by atoms with Crippen LogP contribution < -0.4 is 0 Å². The van der Waals surface area contributed by atoms with E-state index < -0.39 is 12.1 Å². The van der Waals surface area contributed by atoms with Crippen LogP contribution in [0, 0.1) is 5.41 Å². The predicted molar refractivity (Wildman–Crippen MR) is 97.0 cm³/mol. The Morgan fingerprint density at radius 1 is 1.25 bits per heavy atom. The molecule has 0 fully saturated rings. The summed E-state index contributed by atoms with van der Waals surface area (Å²) in [6.07, 6.45) is -0.210. The first-order chi connectivity index (χ1) is 13.0. The van der Waals surface area contributed by atoms with Crippen LogP contribution in [-0.2, 0) is 12.7 Å². The van der Waals surface area contributed by atoms with E-state index in [1.807, 2.05) is 0 Å². The summed E-state index contributed by atoms with van der Waals surface area (Å²) in [5.74, 6) is -1.44. The first-order valence-corrected chi connectivity index (χ1v) is 9.38. The number of thiophene rings is 1. The highest BCUT2D eigenvalue weighted by molar-refractivity contribution is 7.15. The maximum absolute atomic E-state index is 12.6. The average Bonchev–Trinajstić information content (AvgIpc) is 3.31. The van der Waals surface area contributed by atoms with E-state index >= 15 is 0 Å². The summed E-state index contributed by atoms with van der Waals surface area (Å²) >= 11 is 1.24. The molecule has 0 saturated heterocycles. The molecule has 3 rings (SSSR count). The van der Waals surface area contributed by atoms with Gasteiger partial charge in [0.15, 0.2) is 5.78 Å². The number of Topliss-reactive ketones (excluding diaryl/α,β-unsaturated/α-hetero) is 1. The van der Waals surface area contributed by atoms with E-state index in [0.29, 0.717) is 23.4 Å². The molecular formula is C18H19F3N4O2S. The van der Waals surface area contributed by atoms with E-state index in [-0.39, 0.29) is 17.0 Å². The Balaban J connectivity index is 1.65. The predicted octanol–water partition coefficient (Wildman–Crippen LogP) is 5.07. The van der Waals surface area contributed by atoms with Crippen molar-refractivity contribution >= 4 is 17.1 Å². The lowest BCUT2D eigenvalue weighted by Gasteiger charge is -2.16. The molecule has 0 aliphatic rings. The number of rotatable bonds is 6. The quantitative estimate of drug-likeness (QED) is 0.529. The number of hydrogen-bond acceptors (Lipinski definition) is 6. The summed E-state index contributed by atoms with van der Waals surface area (Å²) in [5, 5.41) is 7.58. The van der Waals surface area contributed by atoms with Gasteiger partial charge in [-0.3, -0.25) is 9.48 Å². The highest BCUT2D eigenvalue weighted by Crippen LogP contribution is 2.32. The molecule has 0 aromatic carbocycles. The molecule has 28 heavy (non-hydrogen) atoms. The van der Waals surface area contributed by atoms with Crippen molar-refractivity contribution in [2.45, 2.75) is 46.3 Å². The molecule has 10 heteroatoms. The summed E-state index contributed by atoms with van der Waals surface area (Å²) in [5.41, 5.74) is 0.634. The average molecular weight is 412 g/mol. The number of alkyl halides is 3. The van der Waals surface area contributed by atoms with Gasteiger partial charge in [0.25, 0.3) is 0 Å². The van der Waals surface area contributed by atoms with Crippen LogP contribution in [0.1, 0.15) is 54.7 Å². The number of carbonyl (C=O) groups is 1. The van der Waals surface area contributed by atoms with E-state index in [4.69, 9.17) is 0 Å². The van der Waals surface area contributed by atoms with Crippen LogP contribution >= 0.6 is 11.3 Å². The molecule has 3 aromatic heterocycles. The van der Waals surface area contributed by atoms with Gasteiger partial charge in [-0.2, -0.15) is 23.3 Å². The van der Waals surface area contributed by atoms with E-state index in [0.717, 1.165) is 11.3 Å². The molecule has 0 saturated carbocycles. The second-order valence-electron chi connectivity index (χ2n) is 7.60. The monoisotopic (exact) mass is 412 g/mol. The minimum atomic E-state index is -4.67. The number of carbonyl (C=O) groups excluding carboxylic acids is 1. The molecule has 0 spiro atoms. The lowest BCUT2D eigenvalue weighted by molar-refractivity contribution is -0.159. The third kappa shape index (κ3) is 5.06. The SMILES string of the molecule is CC(C)(C)CCC(=O)c1cnn(Cc2ccc(-c3noc(C(F)(F)F)n3)s2)c1. The molecule has 0 amide bonds. The van der Waals surface area contributed by atoms with Crippen LogP contribution in [0.15, 0.2) is 29.0 Å². The second kappa shape index (κ2) is 7.50. The number of aromatic nitrogens is 4. The van der Waals surface area contributed by atoms with Gasteiger partial charge in [-0.1, -0.05) is 25.9 Å². The summed E-state index contributed by atoms with van der Waals surface area (Å²) in [6.45, 7) is 6.64. The van der Waals surface area contributed by atoms with Gasteiger partial charge in [0.1, 0.15) is 0 Å². The molecule has 3 heterocycles. The van der Waals surface area contributed by atoms with Crippen LogP contribution in [0.2, 0.25) is 0 Å². The second-order valence-corrected chi connectivity index (χ2v) is 8.77. The molecule has 3 aromatic rings. The van der Waals surface area contributed by atoms with Crippen molar-refractivity contribution < 1.29 is 22.5 Å². The molecule has 0 aliphatic heterocycles. The van der Waals surface area contributed by atoms with Crippen molar-refractivity contribution in [1.29, 1.82) is 0 Å². The van der Waals surface area contributed by atoms with Crippen molar-refractivity contribution in [2.75, 3.05) is 0 Å². The van der Waals surface area contributed by atoms with E-state index in [1.165, 1.54) is 17.5 Å². The lowest BCUT2D eigenvalue weighted by atomic mass is 9.89. The molecule has 0 unspecified atom stereocenters. The standard InChI is InChI=1S/C18H19F3N4O2S/c1-17(2,3)7-6-13(26)11-8-22-25(9-11)10-12-4-5-14(28-12)15-23-16(27-24-15)18(19,20)21/h4-5,8-9H,6-7,10H2,1-3H3. The smallest absolute Gasteiger partial charge is 0.329 e. The fourth-order valence-corrected chi connectivity index (χ4v) is 3.33. The van der Waals surface area contributed by atoms with Crippen molar-refractivity contribution in [3.63, 3.8) is 0 Å². The molecule has 0 N–H and O–H groups in total. The zero-order valence-electron chi connectivity index (χ0n) is 15.6. The third-order valence-electron chi connectivity index (χ3n) is 3.93. The Labute approximate surface area is 163 Å². The fraction of sp³-hybridized carbons (Fsp3) is 0.444. The molecule has 150 valence electrons. The van der Waals surface area contributed by atoms with Crippen LogP contribution in [0.25, 0.3) is 10.7 Å². The van der Waals surface area contributed by atoms with Gasteiger partial charge in [-0.05, 0) is 24.0 Å². The lowest BCUT2D eigenvalue weighted by Crippen LogP contribution is -2.08. The van der Waals surface area contributed by atoms with Gasteiger partial charge in [0.2, 0.25) is 5.82 Å². The van der Waals surface area contributed by atoms with E-state index in [1.54, 1.807) is 23.0 Å². The highest BCUT2D eigenvalue weighted by Gasteiger charge is 2.38. The molecule has 0 bridgehead atoms. The Morgan fingerprint density at radius 3 is 2.64 bits per heavy atom. The van der Waals surface area contributed by atoms with Crippen LogP contribution in [0.3, 0.4) is 0 Å². The van der Waals surface area contributed by atoms with Gasteiger partial charge in [-0.25, -0.2) is 0 Å². The summed E-state index contributed by atoms with van der Waals surface area (Å²) in [6, 6.07) is 3.39. The number of halogens is 3. The first kappa shape index (κ1) is 20.2. The number of nitrogens with zero attached hydrogens (tertiary/aromatic N) is 4. The van der Waals surface area contributed by atoms with Crippen LogP contribution in [0.4, 0.5) is 13.2 Å². The Morgan fingerprint density at radius 2 is 2.00 bits per heavy atom. The topological polar surface area (TPSA) is 73.8 Å². The Hall–Kier alpha value is -2.49. The van der Waals surface area contributed by atoms with Crippen molar-refractivity contribution in [2.24, 2.45) is 5.41 Å². The minimum absolute atomic E-state index is 0.0412. The summed E-state index contributed by atoms with van der Waals surface area (Å²) < 4.78 is 43.6.